The second kappa shape index (κ2) is 6.36. The van der Waals surface area contributed by atoms with Gasteiger partial charge in [0.1, 0.15) is 0 Å². The first-order chi connectivity index (χ1) is 13.0. The Morgan fingerprint density at radius 3 is 2.44 bits per heavy atom. The molecule has 5 rings (SSSR count). The number of ether oxygens (including phenoxy) is 1. The van der Waals surface area contributed by atoms with Crippen LogP contribution in [-0.2, 0) is 9.53 Å². The Labute approximate surface area is 162 Å². The van der Waals surface area contributed by atoms with Crippen LogP contribution in [0.1, 0.15) is 46.0 Å². The summed E-state index contributed by atoms with van der Waals surface area (Å²) in [5.74, 6) is 1.99. The number of likely N-dealkylation sites (tertiary alicyclic amines) is 2. The zero-order valence-corrected chi connectivity index (χ0v) is 16.7. The number of rotatable bonds is 5. The van der Waals surface area contributed by atoms with E-state index in [1.807, 2.05) is 11.8 Å². The summed E-state index contributed by atoms with van der Waals surface area (Å²) < 4.78 is 5.16. The lowest BCUT2D eigenvalue weighted by molar-refractivity contribution is -0.134. The summed E-state index contributed by atoms with van der Waals surface area (Å²) in [4.78, 5) is 31.4. The van der Waals surface area contributed by atoms with Crippen LogP contribution in [0.3, 0.4) is 0 Å². The summed E-state index contributed by atoms with van der Waals surface area (Å²) in [7, 11) is 0. The second-order valence-electron chi connectivity index (χ2n) is 9.60. The molecule has 2 heterocycles. The van der Waals surface area contributed by atoms with Gasteiger partial charge in [0.2, 0.25) is 5.91 Å². The topological polar surface area (TPSA) is 53.1 Å². The molecule has 0 aromatic carbocycles. The third kappa shape index (κ3) is 2.95. The van der Waals surface area contributed by atoms with Crippen LogP contribution in [-0.4, -0.2) is 78.1 Å². The number of hydrogen-bond donors (Lipinski definition) is 0. The van der Waals surface area contributed by atoms with Crippen LogP contribution in [0, 0.1) is 23.2 Å². The molecule has 0 unspecified atom stereocenters. The van der Waals surface area contributed by atoms with Gasteiger partial charge in [-0.25, -0.2) is 4.79 Å². The Balaban J connectivity index is 1.09. The molecule has 6 nitrogen and oxygen atoms in total. The lowest BCUT2D eigenvalue weighted by Crippen LogP contribution is -2.52. The van der Waals surface area contributed by atoms with Gasteiger partial charge in [0.05, 0.1) is 6.61 Å². The number of nitrogens with zero attached hydrogens (tertiary/aromatic N) is 3. The van der Waals surface area contributed by atoms with Gasteiger partial charge < -0.3 is 14.5 Å². The quantitative estimate of drug-likeness (QED) is 0.739. The smallest absolute Gasteiger partial charge is 0.409 e. The van der Waals surface area contributed by atoms with Gasteiger partial charge in [0.25, 0.3) is 0 Å². The van der Waals surface area contributed by atoms with Crippen molar-refractivity contribution in [3.8, 4) is 0 Å². The van der Waals surface area contributed by atoms with E-state index < -0.39 is 0 Å². The van der Waals surface area contributed by atoms with Crippen LogP contribution < -0.4 is 0 Å². The van der Waals surface area contributed by atoms with Crippen LogP contribution in [0.15, 0.2) is 0 Å². The van der Waals surface area contributed by atoms with E-state index in [0.29, 0.717) is 47.8 Å². The molecule has 1 spiro atoms. The molecule has 5 aliphatic rings. The molecule has 0 aromatic rings. The second-order valence-corrected chi connectivity index (χ2v) is 9.60. The molecule has 0 radical (unpaired) electrons. The van der Waals surface area contributed by atoms with Gasteiger partial charge in [-0.05, 0) is 63.2 Å². The number of carbonyl (C=O) groups excluding carboxylic acids is 2. The van der Waals surface area contributed by atoms with Crippen LogP contribution in [0.25, 0.3) is 0 Å². The monoisotopic (exact) mass is 375 g/mol. The minimum atomic E-state index is -0.141. The van der Waals surface area contributed by atoms with Crippen molar-refractivity contribution in [2.24, 2.45) is 23.2 Å². The highest BCUT2D eigenvalue weighted by Gasteiger charge is 2.63. The molecular formula is C21H33N3O3. The normalized spacial score (nSPS) is 40.0. The van der Waals surface area contributed by atoms with Gasteiger partial charge in [0.15, 0.2) is 0 Å². The highest BCUT2D eigenvalue weighted by molar-refractivity contribution is 5.83. The molecule has 6 heteroatoms. The van der Waals surface area contributed by atoms with Crippen LogP contribution >= 0.6 is 0 Å². The van der Waals surface area contributed by atoms with Gasteiger partial charge in [-0.1, -0.05) is 0 Å². The van der Waals surface area contributed by atoms with E-state index in [1.54, 1.807) is 0 Å². The molecule has 0 N–H and O–H groups in total. The zero-order chi connectivity index (χ0) is 18.8. The first-order valence-corrected chi connectivity index (χ1v) is 11.0. The Morgan fingerprint density at radius 2 is 1.85 bits per heavy atom. The summed E-state index contributed by atoms with van der Waals surface area (Å²) in [6.45, 7) is 9.28. The maximum atomic E-state index is 12.8. The van der Waals surface area contributed by atoms with Crippen LogP contribution in [0.4, 0.5) is 4.79 Å². The minimum Gasteiger partial charge on any atom is -0.450 e. The van der Waals surface area contributed by atoms with Crippen molar-refractivity contribution in [1.29, 1.82) is 0 Å². The summed E-state index contributed by atoms with van der Waals surface area (Å²) in [6, 6.07) is 1.22. The Morgan fingerprint density at radius 1 is 1.15 bits per heavy atom. The molecule has 3 atom stereocenters. The predicted octanol–water partition coefficient (Wildman–Crippen LogP) is 2.19. The van der Waals surface area contributed by atoms with Crippen molar-refractivity contribution in [1.82, 2.24) is 14.7 Å². The first-order valence-electron chi connectivity index (χ1n) is 11.0. The van der Waals surface area contributed by atoms with E-state index in [9.17, 15) is 9.59 Å². The summed E-state index contributed by atoms with van der Waals surface area (Å²) in [5.41, 5.74) is 0.338. The molecule has 0 aromatic heterocycles. The highest BCUT2D eigenvalue weighted by atomic mass is 16.6. The fraction of sp³-hybridized carbons (Fsp3) is 0.905. The lowest BCUT2D eigenvalue weighted by atomic mass is 9.64. The van der Waals surface area contributed by atoms with E-state index in [2.05, 4.69) is 16.7 Å². The average molecular weight is 376 g/mol. The maximum Gasteiger partial charge on any atom is 0.409 e. The number of hydrogen-bond acceptors (Lipinski definition) is 4. The Bertz CT molecular complexity index is 616. The maximum absolute atomic E-state index is 12.8. The van der Waals surface area contributed by atoms with E-state index in [0.717, 1.165) is 39.1 Å². The summed E-state index contributed by atoms with van der Waals surface area (Å²) >= 11 is 0. The molecule has 27 heavy (non-hydrogen) atoms. The third-order valence-electron chi connectivity index (χ3n) is 7.94. The van der Waals surface area contributed by atoms with Gasteiger partial charge >= 0.3 is 6.09 Å². The van der Waals surface area contributed by atoms with Crippen molar-refractivity contribution in [3.05, 3.63) is 0 Å². The molecule has 3 saturated carbocycles. The van der Waals surface area contributed by atoms with E-state index >= 15 is 0 Å². The molecule has 2 saturated heterocycles. The number of amides is 2. The molecule has 150 valence electrons. The van der Waals surface area contributed by atoms with Gasteiger partial charge in [-0.2, -0.15) is 0 Å². The van der Waals surface area contributed by atoms with Crippen LogP contribution in [0.2, 0.25) is 0 Å². The molecule has 2 aliphatic heterocycles. The standard InChI is InChI=1S/C21H33N3O3/c1-3-24(14-5-6-14)19(25)18-16-11-23(12-17(16)18)15-9-21(10-15)7-8-22(13-21)20(26)27-4-2/h14-18H,3-13H2,1-2H3/t15?,16-,17+,18-,21?. The largest absolute Gasteiger partial charge is 0.450 e. The number of fused-ring (bicyclic) bond motifs is 1. The van der Waals surface area contributed by atoms with Crippen molar-refractivity contribution in [3.63, 3.8) is 0 Å². The number of piperidine rings is 1. The zero-order valence-electron chi connectivity index (χ0n) is 16.7. The van der Waals surface area contributed by atoms with Crippen molar-refractivity contribution >= 4 is 12.0 Å². The van der Waals surface area contributed by atoms with Crippen molar-refractivity contribution in [2.75, 3.05) is 39.3 Å². The molecule has 3 aliphatic carbocycles. The van der Waals surface area contributed by atoms with Crippen molar-refractivity contribution < 1.29 is 14.3 Å². The lowest BCUT2D eigenvalue weighted by Gasteiger charge is -2.49. The number of carbonyl (C=O) groups is 2. The molecule has 2 amide bonds. The predicted molar refractivity (Wildman–Crippen MR) is 101 cm³/mol. The fourth-order valence-electron chi connectivity index (χ4n) is 6.23. The van der Waals surface area contributed by atoms with E-state index in [-0.39, 0.29) is 6.09 Å². The minimum absolute atomic E-state index is 0.141. The molecule has 0 bridgehead atoms. The molecular weight excluding hydrogens is 342 g/mol. The summed E-state index contributed by atoms with van der Waals surface area (Å²) in [6.07, 6.45) is 5.82. The SMILES string of the molecule is CCOC(=O)N1CCC2(CC(N3C[C@@H]4[C@H](C3)[C@@H]4C(=O)N(CC)C3CC3)C2)C1. The van der Waals surface area contributed by atoms with Gasteiger partial charge in [-0.3, -0.25) is 9.69 Å². The van der Waals surface area contributed by atoms with Crippen molar-refractivity contribution in [2.45, 2.75) is 58.0 Å². The summed E-state index contributed by atoms with van der Waals surface area (Å²) in [5, 5.41) is 0. The van der Waals surface area contributed by atoms with Crippen LogP contribution in [0.5, 0.6) is 0 Å². The fourth-order valence-corrected chi connectivity index (χ4v) is 6.23. The van der Waals surface area contributed by atoms with E-state index in [1.165, 1.54) is 25.7 Å². The molecule has 5 fully saturated rings. The first kappa shape index (κ1) is 17.8. The van der Waals surface area contributed by atoms with Gasteiger partial charge in [0, 0.05) is 50.7 Å². The van der Waals surface area contributed by atoms with Gasteiger partial charge in [-0.15, -0.1) is 0 Å². The highest BCUT2D eigenvalue weighted by Crippen LogP contribution is 2.57. The average Bonchev–Trinajstić information content (AvgIpc) is 3.47. The van der Waals surface area contributed by atoms with E-state index in [4.69, 9.17) is 4.74 Å². The third-order valence-corrected chi connectivity index (χ3v) is 7.94. The Kier molecular flexibility index (Phi) is 4.19. The Hall–Kier alpha value is -1.30.